The number of hydrogen-bond acceptors (Lipinski definition) is 4. The summed E-state index contributed by atoms with van der Waals surface area (Å²) >= 11 is 3.24. The summed E-state index contributed by atoms with van der Waals surface area (Å²) in [6.45, 7) is 0.894. The summed E-state index contributed by atoms with van der Waals surface area (Å²) in [5.74, 6) is 0.576. The molecule has 0 aromatic heterocycles. The largest absolute Gasteiger partial charge is 0.375 e. The van der Waals surface area contributed by atoms with Crippen LogP contribution >= 0.6 is 15.9 Å². The average molecular weight is 328 g/mol. The lowest BCUT2D eigenvalue weighted by atomic mass is 10.3. The van der Waals surface area contributed by atoms with Gasteiger partial charge in [0.05, 0.1) is 11.5 Å². The van der Waals surface area contributed by atoms with E-state index in [1.165, 1.54) is 25.0 Å². The van der Waals surface area contributed by atoms with Crippen molar-refractivity contribution in [2.75, 3.05) is 18.4 Å². The highest BCUT2D eigenvalue weighted by Gasteiger charge is 2.21. The van der Waals surface area contributed by atoms with Gasteiger partial charge in [-0.1, -0.05) is 0 Å². The van der Waals surface area contributed by atoms with Crippen LogP contribution in [0.15, 0.2) is 22.7 Å². The Labute approximate surface area is 118 Å². The number of nitrogens with one attached hydrogen (secondary N) is 2. The average Bonchev–Trinajstić information content (AvgIpc) is 3.18. The highest BCUT2D eigenvalue weighted by atomic mass is 79.9. The molecule has 2 rings (SSSR count). The molecule has 1 aromatic carbocycles. The van der Waals surface area contributed by atoms with E-state index in [0.717, 1.165) is 6.54 Å². The molecule has 19 heavy (non-hydrogen) atoms. The molecule has 0 aliphatic heterocycles. The minimum atomic E-state index is -0.461. The van der Waals surface area contributed by atoms with Gasteiger partial charge in [-0.3, -0.25) is 14.9 Å². The Morgan fingerprint density at radius 3 is 2.79 bits per heavy atom. The van der Waals surface area contributed by atoms with Gasteiger partial charge in [-0.2, -0.15) is 0 Å². The summed E-state index contributed by atoms with van der Waals surface area (Å²) in [5, 5.41) is 16.4. The molecular formula is C12H14BrN3O3. The Hall–Kier alpha value is -1.63. The zero-order valence-corrected chi connectivity index (χ0v) is 11.8. The van der Waals surface area contributed by atoms with Crippen molar-refractivity contribution in [3.63, 3.8) is 0 Å². The maximum Gasteiger partial charge on any atom is 0.270 e. The first-order chi connectivity index (χ1) is 9.06. The Morgan fingerprint density at radius 1 is 1.47 bits per heavy atom. The molecule has 0 heterocycles. The number of carbonyl (C=O) groups excluding carboxylic acids is 1. The minimum absolute atomic E-state index is 0.00982. The maximum absolute atomic E-state index is 11.5. The lowest BCUT2D eigenvalue weighted by molar-refractivity contribution is -0.384. The smallest absolute Gasteiger partial charge is 0.270 e. The topological polar surface area (TPSA) is 84.3 Å². The molecule has 1 aromatic rings. The molecule has 1 aliphatic carbocycles. The summed E-state index contributed by atoms with van der Waals surface area (Å²) < 4.78 is 0.566. The van der Waals surface area contributed by atoms with Crippen LogP contribution in [0.25, 0.3) is 0 Å². The first-order valence-electron chi connectivity index (χ1n) is 6.01. The second kappa shape index (κ2) is 6.01. The molecule has 1 saturated carbocycles. The highest BCUT2D eigenvalue weighted by Crippen LogP contribution is 2.28. The van der Waals surface area contributed by atoms with Crippen LogP contribution < -0.4 is 10.6 Å². The fourth-order valence-corrected chi connectivity index (χ4v) is 2.09. The SMILES string of the molecule is O=C(CNc1ccc([N+](=O)[O-])cc1Br)NCC1CC1. The first kappa shape index (κ1) is 13.8. The van der Waals surface area contributed by atoms with Gasteiger partial charge in [0, 0.05) is 28.8 Å². The molecular weight excluding hydrogens is 314 g/mol. The van der Waals surface area contributed by atoms with Gasteiger partial charge in [-0.15, -0.1) is 0 Å². The van der Waals surface area contributed by atoms with Crippen molar-refractivity contribution in [2.24, 2.45) is 5.92 Å². The predicted molar refractivity (Wildman–Crippen MR) is 75.0 cm³/mol. The summed E-state index contributed by atoms with van der Waals surface area (Å²) in [6.07, 6.45) is 2.39. The normalized spacial score (nSPS) is 13.9. The fraction of sp³-hybridized carbons (Fsp3) is 0.417. The Bertz CT molecular complexity index is 503. The fourth-order valence-electron chi connectivity index (χ4n) is 1.58. The molecule has 102 valence electrons. The lowest BCUT2D eigenvalue weighted by Crippen LogP contribution is -2.31. The molecule has 1 amide bonds. The van der Waals surface area contributed by atoms with Crippen LogP contribution in [0.2, 0.25) is 0 Å². The van der Waals surface area contributed by atoms with Gasteiger partial charge < -0.3 is 10.6 Å². The van der Waals surface area contributed by atoms with Gasteiger partial charge in [-0.05, 0) is 40.8 Å². The Kier molecular flexibility index (Phi) is 4.36. The van der Waals surface area contributed by atoms with E-state index in [1.807, 2.05) is 0 Å². The standard InChI is InChI=1S/C12H14BrN3O3/c13-10-5-9(16(18)19)3-4-11(10)14-7-12(17)15-6-8-1-2-8/h3-5,8,14H,1-2,6-7H2,(H,15,17). The van der Waals surface area contributed by atoms with Crippen molar-refractivity contribution in [3.8, 4) is 0 Å². The number of amides is 1. The van der Waals surface area contributed by atoms with Gasteiger partial charge in [-0.25, -0.2) is 0 Å². The molecule has 0 radical (unpaired) electrons. The van der Waals surface area contributed by atoms with Gasteiger partial charge >= 0.3 is 0 Å². The summed E-state index contributed by atoms with van der Waals surface area (Å²) in [7, 11) is 0. The second-order valence-electron chi connectivity index (χ2n) is 4.52. The van der Waals surface area contributed by atoms with Gasteiger partial charge in [0.15, 0.2) is 0 Å². The van der Waals surface area contributed by atoms with Crippen LogP contribution in [0.3, 0.4) is 0 Å². The van der Waals surface area contributed by atoms with E-state index in [-0.39, 0.29) is 18.1 Å². The second-order valence-corrected chi connectivity index (χ2v) is 5.38. The quantitative estimate of drug-likeness (QED) is 0.620. The number of nitro benzene ring substituents is 1. The van der Waals surface area contributed by atoms with E-state index >= 15 is 0 Å². The number of nitrogens with zero attached hydrogens (tertiary/aromatic N) is 1. The molecule has 2 N–H and O–H groups in total. The number of nitro groups is 1. The molecule has 6 nitrogen and oxygen atoms in total. The van der Waals surface area contributed by atoms with Crippen LogP contribution in [0.4, 0.5) is 11.4 Å². The van der Waals surface area contributed by atoms with Crippen molar-refractivity contribution >= 4 is 33.2 Å². The predicted octanol–water partition coefficient (Wildman–Crippen LogP) is 2.30. The molecule has 1 fully saturated rings. The molecule has 0 bridgehead atoms. The number of benzene rings is 1. The number of hydrogen-bond donors (Lipinski definition) is 2. The Morgan fingerprint density at radius 2 is 2.21 bits per heavy atom. The van der Waals surface area contributed by atoms with Crippen LogP contribution in [0, 0.1) is 16.0 Å². The van der Waals surface area contributed by atoms with E-state index in [1.54, 1.807) is 6.07 Å². The van der Waals surface area contributed by atoms with E-state index in [9.17, 15) is 14.9 Å². The van der Waals surface area contributed by atoms with Crippen LogP contribution in [-0.2, 0) is 4.79 Å². The third kappa shape index (κ3) is 4.20. The zero-order valence-electron chi connectivity index (χ0n) is 10.2. The summed E-state index contributed by atoms with van der Waals surface area (Å²) in [4.78, 5) is 21.7. The maximum atomic E-state index is 11.5. The number of non-ortho nitro benzene ring substituents is 1. The number of carbonyl (C=O) groups is 1. The molecule has 0 saturated heterocycles. The monoisotopic (exact) mass is 327 g/mol. The minimum Gasteiger partial charge on any atom is -0.375 e. The van der Waals surface area contributed by atoms with Crippen LogP contribution in [0.5, 0.6) is 0 Å². The van der Waals surface area contributed by atoms with E-state index in [2.05, 4.69) is 26.6 Å². The number of rotatable bonds is 6. The lowest BCUT2D eigenvalue weighted by Gasteiger charge is -2.08. The Balaban J connectivity index is 1.84. The third-order valence-electron chi connectivity index (χ3n) is 2.89. The number of anilines is 1. The summed E-state index contributed by atoms with van der Waals surface area (Å²) in [5.41, 5.74) is 0.669. The van der Waals surface area contributed by atoms with E-state index in [4.69, 9.17) is 0 Å². The molecule has 0 unspecified atom stereocenters. The van der Waals surface area contributed by atoms with Crippen molar-refractivity contribution in [2.45, 2.75) is 12.8 Å². The first-order valence-corrected chi connectivity index (χ1v) is 6.80. The van der Waals surface area contributed by atoms with Crippen molar-refractivity contribution < 1.29 is 9.72 Å². The van der Waals surface area contributed by atoms with Crippen LogP contribution in [0.1, 0.15) is 12.8 Å². The molecule has 1 aliphatic rings. The van der Waals surface area contributed by atoms with E-state index < -0.39 is 4.92 Å². The van der Waals surface area contributed by atoms with Crippen molar-refractivity contribution in [3.05, 3.63) is 32.8 Å². The van der Waals surface area contributed by atoms with E-state index in [0.29, 0.717) is 16.1 Å². The molecule has 0 atom stereocenters. The molecule has 7 heteroatoms. The van der Waals surface area contributed by atoms with Crippen molar-refractivity contribution in [1.29, 1.82) is 0 Å². The van der Waals surface area contributed by atoms with Crippen molar-refractivity contribution in [1.82, 2.24) is 5.32 Å². The van der Waals surface area contributed by atoms with Gasteiger partial charge in [0.2, 0.25) is 5.91 Å². The summed E-state index contributed by atoms with van der Waals surface area (Å²) in [6, 6.07) is 4.38. The molecule has 0 spiro atoms. The number of halogens is 1. The third-order valence-corrected chi connectivity index (χ3v) is 3.54. The van der Waals surface area contributed by atoms with Gasteiger partial charge in [0.1, 0.15) is 0 Å². The highest BCUT2D eigenvalue weighted by molar-refractivity contribution is 9.10. The zero-order chi connectivity index (χ0) is 13.8. The van der Waals surface area contributed by atoms with Gasteiger partial charge in [0.25, 0.3) is 5.69 Å². The van der Waals surface area contributed by atoms with Crippen LogP contribution in [-0.4, -0.2) is 23.9 Å².